The molecule has 0 bridgehead atoms. The van der Waals surface area contributed by atoms with Crippen LogP contribution in [0.15, 0.2) is 68.5 Å². The first kappa shape index (κ1) is 32.7. The summed E-state index contributed by atoms with van der Waals surface area (Å²) < 4.78 is 66.3. The van der Waals surface area contributed by atoms with Crippen LogP contribution >= 0.6 is 0 Å². The summed E-state index contributed by atoms with van der Waals surface area (Å²) in [5.74, 6) is -5.54. The maximum atomic E-state index is 16.8. The summed E-state index contributed by atoms with van der Waals surface area (Å²) in [5, 5.41) is 5.22. The number of carbonyl (C=O) groups excluding carboxylic acids is 2. The third-order valence-electron chi connectivity index (χ3n) is 8.67. The summed E-state index contributed by atoms with van der Waals surface area (Å²) in [5.41, 5.74) is -0.471. The van der Waals surface area contributed by atoms with E-state index < -0.39 is 59.4 Å². The number of halogens is 4. The number of anilines is 2. The van der Waals surface area contributed by atoms with E-state index in [1.165, 1.54) is 0 Å². The second-order valence-corrected chi connectivity index (χ2v) is 16.9. The van der Waals surface area contributed by atoms with Gasteiger partial charge >= 0.3 is 255 Å². The van der Waals surface area contributed by atoms with Crippen molar-refractivity contribution < 1.29 is 43.7 Å². The van der Waals surface area contributed by atoms with Crippen LogP contribution in [0.3, 0.4) is 0 Å². The van der Waals surface area contributed by atoms with Crippen molar-refractivity contribution in [3.8, 4) is 0 Å². The molecule has 2 aromatic rings. The summed E-state index contributed by atoms with van der Waals surface area (Å²) in [6.45, 7) is 7.39. The molecule has 43 heavy (non-hydrogen) atoms. The summed E-state index contributed by atoms with van der Waals surface area (Å²) in [4.78, 5) is 25.9. The van der Waals surface area contributed by atoms with Crippen molar-refractivity contribution in [1.82, 2.24) is 0 Å². The molecule has 2 amide bonds. The first-order valence-corrected chi connectivity index (χ1v) is 18.1. The molecule has 0 saturated heterocycles. The van der Waals surface area contributed by atoms with Gasteiger partial charge in [-0.25, -0.2) is 0 Å². The quantitative estimate of drug-likeness (QED) is 0.186. The molecule has 0 saturated carbocycles. The van der Waals surface area contributed by atoms with E-state index in [0.29, 0.717) is 33.4 Å². The molecule has 0 unspecified atom stereocenters. The number of carbonyl (C=O) groups is 2. The van der Waals surface area contributed by atoms with Crippen LogP contribution in [0.25, 0.3) is 0 Å². The normalized spacial score (nSPS) is 14.5. The van der Waals surface area contributed by atoms with Gasteiger partial charge in [0, 0.05) is 0 Å². The third kappa shape index (κ3) is 6.09. The van der Waals surface area contributed by atoms with Gasteiger partial charge in [-0.3, -0.25) is 0 Å². The predicted molar refractivity (Wildman–Crippen MR) is 161 cm³/mol. The second-order valence-electron chi connectivity index (χ2n) is 11.0. The van der Waals surface area contributed by atoms with Gasteiger partial charge in [0.1, 0.15) is 0 Å². The van der Waals surface area contributed by atoms with E-state index in [2.05, 4.69) is 10.6 Å². The standard InChI is InChI=1S/2C12H14F2NO.2C5H5.Ti/c2*1-3-8(4-2)12(16)15-11-6-5-9(13)7-10(11)14;2*1-2-4-5-3-1;/h2*5-6,8H,3-4H2,1-2H3,(H,15,16);2*1-3H,4H2;. The number of hydrogen-bond donors (Lipinski definition) is 2. The Morgan fingerprint density at radius 2 is 1.05 bits per heavy atom. The zero-order valence-electron chi connectivity index (χ0n) is 25.0. The first-order chi connectivity index (χ1) is 20.6. The average Bonchev–Trinajstić information content (AvgIpc) is 3.72. The van der Waals surface area contributed by atoms with Gasteiger partial charge in [0.25, 0.3) is 0 Å². The molecule has 0 heterocycles. The van der Waals surface area contributed by atoms with E-state index in [-0.39, 0.29) is 36.1 Å². The minimum absolute atomic E-state index is 0.236. The van der Waals surface area contributed by atoms with Crippen LogP contribution in [0.1, 0.15) is 66.2 Å². The first-order valence-electron chi connectivity index (χ1n) is 15.0. The van der Waals surface area contributed by atoms with Gasteiger partial charge in [-0.15, -0.1) is 0 Å². The van der Waals surface area contributed by atoms with Gasteiger partial charge in [-0.2, -0.15) is 0 Å². The van der Waals surface area contributed by atoms with Gasteiger partial charge in [0.05, 0.1) is 0 Å². The van der Waals surface area contributed by atoms with E-state index in [4.69, 9.17) is 0 Å². The van der Waals surface area contributed by atoms with Gasteiger partial charge in [0.15, 0.2) is 0 Å². The molecule has 0 aliphatic heterocycles. The predicted octanol–water partition coefficient (Wildman–Crippen LogP) is 7.78. The Labute approximate surface area is 254 Å². The van der Waals surface area contributed by atoms with Crippen LogP contribution in [0.5, 0.6) is 0 Å². The summed E-state index contributed by atoms with van der Waals surface area (Å²) >= 11 is -5.10. The number of allylic oxidation sites excluding steroid dienone is 8. The van der Waals surface area contributed by atoms with Crippen LogP contribution in [0.2, 0.25) is 0 Å². The number of hydrogen-bond acceptors (Lipinski definition) is 2. The molecule has 2 aromatic carbocycles. The molecule has 0 aromatic heterocycles. The summed E-state index contributed by atoms with van der Waals surface area (Å²) in [6, 6.07) is 4.43. The zero-order valence-corrected chi connectivity index (χ0v) is 26.6. The fourth-order valence-electron chi connectivity index (χ4n) is 6.20. The topological polar surface area (TPSA) is 58.2 Å². The number of amides is 2. The molecule has 0 radical (unpaired) electrons. The Balaban J connectivity index is 2.03. The SMILES string of the molecule is CCC(CC)C(=O)Nc1ccc(F)[c]([Ti]([C]2=CC=CC2)([C]2=CC=CC2)[c]2c(F)ccc(NC(=O)C(CC)CC)c2F)c1F. The molecule has 2 aliphatic rings. The number of benzene rings is 2. The van der Waals surface area contributed by atoms with Crippen molar-refractivity contribution in [2.75, 3.05) is 10.6 Å². The summed E-state index contributed by atoms with van der Waals surface area (Å²) in [6.07, 6.45) is 13.1. The molecule has 0 atom stereocenters. The van der Waals surface area contributed by atoms with Gasteiger partial charge in [-0.1, -0.05) is 0 Å². The number of nitrogens with one attached hydrogen (secondary N) is 2. The zero-order chi connectivity index (χ0) is 31.3. The fourth-order valence-corrected chi connectivity index (χ4v) is 14.5. The Morgan fingerprint density at radius 3 is 1.35 bits per heavy atom. The molecule has 4 rings (SSSR count). The number of rotatable bonds is 12. The van der Waals surface area contributed by atoms with E-state index in [1.807, 2.05) is 27.7 Å². The van der Waals surface area contributed by atoms with Crippen molar-refractivity contribution in [2.24, 2.45) is 11.8 Å². The minimum atomic E-state index is -5.10. The molecule has 0 spiro atoms. The van der Waals surface area contributed by atoms with Crippen LogP contribution < -0.4 is 18.4 Å². The van der Waals surface area contributed by atoms with Gasteiger partial charge < -0.3 is 0 Å². The average molecular weight is 631 g/mol. The van der Waals surface area contributed by atoms with E-state index in [9.17, 15) is 9.59 Å². The Morgan fingerprint density at radius 1 is 0.674 bits per heavy atom. The van der Waals surface area contributed by atoms with Crippen molar-refractivity contribution >= 4 is 30.9 Å². The Hall–Kier alpha value is -3.23. The molecule has 9 heteroatoms. The molecule has 2 aliphatic carbocycles. The van der Waals surface area contributed by atoms with Crippen LogP contribution in [-0.4, -0.2) is 11.8 Å². The third-order valence-corrected chi connectivity index (χ3v) is 16.6. The molecule has 2 N–H and O–H groups in total. The second kappa shape index (κ2) is 14.0. The molecular weight excluding hydrogens is 592 g/mol. The van der Waals surface area contributed by atoms with Crippen LogP contribution in [-0.2, 0) is 26.2 Å². The van der Waals surface area contributed by atoms with Gasteiger partial charge in [-0.05, 0) is 0 Å². The van der Waals surface area contributed by atoms with E-state index in [0.717, 1.165) is 24.3 Å². The summed E-state index contributed by atoms with van der Waals surface area (Å²) in [7, 11) is 0. The Bertz CT molecular complexity index is 1410. The van der Waals surface area contributed by atoms with Crippen molar-refractivity contribution in [2.45, 2.75) is 66.2 Å². The maximum absolute atomic E-state index is 16.8. The molecular formula is C34H38F4N2O2Ti. The van der Waals surface area contributed by atoms with E-state index >= 15 is 17.6 Å². The van der Waals surface area contributed by atoms with Crippen LogP contribution in [0, 0.1) is 35.1 Å². The van der Waals surface area contributed by atoms with Crippen molar-refractivity contribution in [3.05, 3.63) is 91.7 Å². The monoisotopic (exact) mass is 630 g/mol. The van der Waals surface area contributed by atoms with Crippen molar-refractivity contribution in [3.63, 3.8) is 0 Å². The fraction of sp³-hybridized carbons (Fsp3) is 0.353. The van der Waals surface area contributed by atoms with Crippen molar-refractivity contribution in [1.29, 1.82) is 0 Å². The van der Waals surface area contributed by atoms with Crippen LogP contribution in [0.4, 0.5) is 28.9 Å². The Kier molecular flexibility index (Phi) is 10.7. The molecule has 4 nitrogen and oxygen atoms in total. The van der Waals surface area contributed by atoms with E-state index in [1.54, 1.807) is 36.5 Å². The molecule has 0 fully saturated rings. The van der Waals surface area contributed by atoms with Gasteiger partial charge in [0.2, 0.25) is 0 Å². The molecule has 228 valence electrons.